The number of rotatable bonds is 4. The third-order valence-electron chi connectivity index (χ3n) is 4.29. The number of amides is 1. The zero-order chi connectivity index (χ0) is 16.2. The molecule has 3 atom stereocenters. The topological polar surface area (TPSA) is 94.0 Å². The highest BCUT2D eigenvalue weighted by Gasteiger charge is 2.27. The number of benzene rings is 1. The molecule has 2 aromatic rings. The third kappa shape index (κ3) is 4.33. The molecule has 130 valence electrons. The van der Waals surface area contributed by atoms with Crippen molar-refractivity contribution < 1.29 is 9.32 Å². The summed E-state index contributed by atoms with van der Waals surface area (Å²) in [5.74, 6) is 0.958. The van der Waals surface area contributed by atoms with Crippen LogP contribution in [0.4, 0.5) is 0 Å². The van der Waals surface area contributed by atoms with Gasteiger partial charge in [-0.2, -0.15) is 4.98 Å². The Bertz CT molecular complexity index is 662. The third-order valence-corrected chi connectivity index (χ3v) is 4.29. The van der Waals surface area contributed by atoms with Gasteiger partial charge in [-0.25, -0.2) is 0 Å². The average molecular weight is 351 g/mol. The first kappa shape index (κ1) is 18.4. The Labute approximate surface area is 147 Å². The fraction of sp³-hybridized carbons (Fsp3) is 0.471. The van der Waals surface area contributed by atoms with Gasteiger partial charge in [-0.05, 0) is 38.3 Å². The molecule has 1 aromatic heterocycles. The van der Waals surface area contributed by atoms with Crippen molar-refractivity contribution in [1.29, 1.82) is 0 Å². The minimum absolute atomic E-state index is 0. The Morgan fingerprint density at radius 3 is 2.79 bits per heavy atom. The fourth-order valence-corrected chi connectivity index (χ4v) is 2.97. The molecule has 1 aliphatic carbocycles. The van der Waals surface area contributed by atoms with Crippen LogP contribution in [0.1, 0.15) is 44.5 Å². The van der Waals surface area contributed by atoms with Crippen LogP contribution in [0.5, 0.6) is 0 Å². The van der Waals surface area contributed by atoms with E-state index in [0.29, 0.717) is 11.7 Å². The number of carbonyl (C=O) groups excluding carboxylic acids is 1. The fourth-order valence-electron chi connectivity index (χ4n) is 2.97. The molecule has 1 aromatic carbocycles. The highest BCUT2D eigenvalue weighted by atomic mass is 35.5. The van der Waals surface area contributed by atoms with Crippen LogP contribution < -0.4 is 11.1 Å². The van der Waals surface area contributed by atoms with Gasteiger partial charge < -0.3 is 15.6 Å². The van der Waals surface area contributed by atoms with E-state index in [1.165, 1.54) is 0 Å². The summed E-state index contributed by atoms with van der Waals surface area (Å²) in [6.07, 6.45) is 3.66. The molecule has 7 heteroatoms. The smallest absolute Gasteiger partial charge is 0.257 e. The second-order valence-electron chi connectivity index (χ2n) is 6.18. The Morgan fingerprint density at radius 2 is 2.08 bits per heavy atom. The van der Waals surface area contributed by atoms with Crippen LogP contribution in [0, 0.1) is 5.92 Å². The van der Waals surface area contributed by atoms with Crippen molar-refractivity contribution in [3.63, 3.8) is 0 Å². The van der Waals surface area contributed by atoms with E-state index in [1.807, 2.05) is 37.3 Å². The lowest BCUT2D eigenvalue weighted by Gasteiger charge is -2.26. The number of halogens is 1. The van der Waals surface area contributed by atoms with Gasteiger partial charge in [0.1, 0.15) is 0 Å². The van der Waals surface area contributed by atoms with Crippen LogP contribution in [-0.2, 0) is 4.79 Å². The van der Waals surface area contributed by atoms with Gasteiger partial charge in [0.05, 0.1) is 6.04 Å². The monoisotopic (exact) mass is 350 g/mol. The molecule has 0 bridgehead atoms. The van der Waals surface area contributed by atoms with Crippen LogP contribution in [0.2, 0.25) is 0 Å². The summed E-state index contributed by atoms with van der Waals surface area (Å²) in [5.41, 5.74) is 6.82. The lowest BCUT2D eigenvalue weighted by molar-refractivity contribution is -0.126. The molecule has 1 aliphatic rings. The van der Waals surface area contributed by atoms with Crippen molar-refractivity contribution in [3.8, 4) is 11.5 Å². The second-order valence-corrected chi connectivity index (χ2v) is 6.18. The van der Waals surface area contributed by atoms with E-state index in [4.69, 9.17) is 10.3 Å². The van der Waals surface area contributed by atoms with Gasteiger partial charge in [0.15, 0.2) is 5.82 Å². The highest BCUT2D eigenvalue weighted by molar-refractivity contribution is 5.85. The first-order chi connectivity index (χ1) is 11.1. The van der Waals surface area contributed by atoms with Crippen LogP contribution >= 0.6 is 12.4 Å². The first-order valence-corrected chi connectivity index (χ1v) is 8.08. The number of carbonyl (C=O) groups is 1. The van der Waals surface area contributed by atoms with E-state index >= 15 is 0 Å². The zero-order valence-corrected chi connectivity index (χ0v) is 14.5. The van der Waals surface area contributed by atoms with E-state index in [2.05, 4.69) is 15.5 Å². The predicted molar refractivity (Wildman–Crippen MR) is 93.5 cm³/mol. The van der Waals surface area contributed by atoms with Gasteiger partial charge in [-0.1, -0.05) is 29.8 Å². The van der Waals surface area contributed by atoms with Gasteiger partial charge in [-0.3, -0.25) is 4.79 Å². The number of nitrogens with two attached hydrogens (primary N) is 1. The average Bonchev–Trinajstić information content (AvgIpc) is 3.06. The summed E-state index contributed by atoms with van der Waals surface area (Å²) in [6, 6.07) is 9.41. The molecular formula is C17H23ClN4O2. The van der Waals surface area contributed by atoms with E-state index in [9.17, 15) is 4.79 Å². The predicted octanol–water partition coefficient (Wildman–Crippen LogP) is 2.85. The minimum Gasteiger partial charge on any atom is -0.346 e. The van der Waals surface area contributed by atoms with Crippen LogP contribution in [0.25, 0.3) is 11.5 Å². The quantitative estimate of drug-likeness (QED) is 0.884. The summed E-state index contributed by atoms with van der Waals surface area (Å²) < 4.78 is 5.28. The van der Waals surface area contributed by atoms with Gasteiger partial charge in [0.25, 0.3) is 5.89 Å². The zero-order valence-electron chi connectivity index (χ0n) is 13.6. The molecule has 0 saturated heterocycles. The van der Waals surface area contributed by atoms with Crippen molar-refractivity contribution >= 4 is 18.3 Å². The number of aromatic nitrogens is 2. The molecule has 0 aliphatic heterocycles. The maximum absolute atomic E-state index is 12.4. The molecule has 6 nitrogen and oxygen atoms in total. The van der Waals surface area contributed by atoms with Crippen molar-refractivity contribution in [3.05, 3.63) is 36.2 Å². The Balaban J connectivity index is 0.00000208. The molecule has 1 saturated carbocycles. The van der Waals surface area contributed by atoms with E-state index in [0.717, 1.165) is 31.2 Å². The summed E-state index contributed by atoms with van der Waals surface area (Å²) in [4.78, 5) is 16.7. The summed E-state index contributed by atoms with van der Waals surface area (Å²) in [6.45, 7) is 1.86. The van der Waals surface area contributed by atoms with E-state index < -0.39 is 0 Å². The van der Waals surface area contributed by atoms with Crippen molar-refractivity contribution in [2.45, 2.75) is 44.7 Å². The van der Waals surface area contributed by atoms with Gasteiger partial charge in [0.2, 0.25) is 5.91 Å². The molecule has 1 heterocycles. The van der Waals surface area contributed by atoms with Gasteiger partial charge in [-0.15, -0.1) is 12.4 Å². The Morgan fingerprint density at radius 1 is 1.33 bits per heavy atom. The molecular weight excluding hydrogens is 328 g/mol. The van der Waals surface area contributed by atoms with Gasteiger partial charge in [0, 0.05) is 17.5 Å². The number of hydrogen-bond donors (Lipinski definition) is 2. The summed E-state index contributed by atoms with van der Waals surface area (Å²) in [5, 5.41) is 6.95. The molecule has 3 N–H and O–H groups in total. The van der Waals surface area contributed by atoms with Crippen LogP contribution in [0.3, 0.4) is 0 Å². The maximum Gasteiger partial charge on any atom is 0.257 e. The van der Waals surface area contributed by atoms with Crippen LogP contribution in [-0.4, -0.2) is 22.1 Å². The molecule has 0 radical (unpaired) electrons. The van der Waals surface area contributed by atoms with Crippen molar-refractivity contribution in [2.75, 3.05) is 0 Å². The molecule has 1 amide bonds. The largest absolute Gasteiger partial charge is 0.346 e. The van der Waals surface area contributed by atoms with Gasteiger partial charge >= 0.3 is 0 Å². The summed E-state index contributed by atoms with van der Waals surface area (Å²) >= 11 is 0. The minimum atomic E-state index is -0.290. The second kappa shape index (κ2) is 8.26. The van der Waals surface area contributed by atoms with Crippen LogP contribution in [0.15, 0.2) is 34.9 Å². The molecule has 3 unspecified atom stereocenters. The summed E-state index contributed by atoms with van der Waals surface area (Å²) in [7, 11) is 0. The number of nitrogens with one attached hydrogen (secondary N) is 1. The molecule has 1 fully saturated rings. The van der Waals surface area contributed by atoms with E-state index in [-0.39, 0.29) is 36.3 Å². The number of hydrogen-bond acceptors (Lipinski definition) is 5. The lowest BCUT2D eigenvalue weighted by atomic mass is 9.85. The highest BCUT2D eigenvalue weighted by Crippen LogP contribution is 2.24. The maximum atomic E-state index is 12.4. The van der Waals surface area contributed by atoms with Crippen molar-refractivity contribution in [2.24, 2.45) is 11.7 Å². The Kier molecular flexibility index (Phi) is 6.34. The number of nitrogens with zero attached hydrogens (tertiary/aromatic N) is 2. The molecule has 24 heavy (non-hydrogen) atoms. The first-order valence-electron chi connectivity index (χ1n) is 8.08. The SMILES string of the molecule is CC(NC(=O)C1CCCC(N)C1)c1noc(-c2ccccc2)n1.Cl. The normalized spacial score (nSPS) is 21.6. The van der Waals surface area contributed by atoms with Crippen molar-refractivity contribution in [1.82, 2.24) is 15.5 Å². The molecule has 3 rings (SSSR count). The lowest BCUT2D eigenvalue weighted by Crippen LogP contribution is -2.38. The van der Waals surface area contributed by atoms with E-state index in [1.54, 1.807) is 0 Å². The standard InChI is InChI=1S/C17H22N4O2.ClH/c1-11(19-16(22)13-8-5-9-14(18)10-13)15-20-17(23-21-15)12-6-3-2-4-7-12;/h2-4,6-7,11,13-14H,5,8-10,18H2,1H3,(H,19,22);1H. The Hall–Kier alpha value is -1.92. The molecule has 0 spiro atoms.